The number of rotatable bonds is 3. The summed E-state index contributed by atoms with van der Waals surface area (Å²) in [5, 5.41) is 0. The number of halogens is 2. The summed E-state index contributed by atoms with van der Waals surface area (Å²) in [6.07, 6.45) is 3.70. The first kappa shape index (κ1) is 13.4. The van der Waals surface area contributed by atoms with Gasteiger partial charge in [0.1, 0.15) is 0 Å². The molecule has 0 radical (unpaired) electrons. The number of hydrogen-bond acceptors (Lipinski definition) is 2. The highest BCUT2D eigenvalue weighted by molar-refractivity contribution is 5.13. The zero-order valence-electron chi connectivity index (χ0n) is 10.7. The fourth-order valence-electron chi connectivity index (χ4n) is 2.60. The van der Waals surface area contributed by atoms with Crippen molar-refractivity contribution in [2.75, 3.05) is 0 Å². The number of hydrogen-bond donors (Lipinski definition) is 1. The van der Waals surface area contributed by atoms with Gasteiger partial charge in [-0.15, -0.1) is 0 Å². The van der Waals surface area contributed by atoms with Crippen LogP contribution in [0.5, 0.6) is 0 Å². The van der Waals surface area contributed by atoms with Gasteiger partial charge in [-0.25, -0.2) is 8.78 Å². The van der Waals surface area contributed by atoms with E-state index in [1.54, 1.807) is 6.20 Å². The quantitative estimate of drug-likeness (QED) is 0.900. The Bertz CT molecular complexity index is 389. The molecule has 2 N–H and O–H groups in total. The third-order valence-electron chi connectivity index (χ3n) is 3.70. The van der Waals surface area contributed by atoms with Crippen LogP contribution < -0.4 is 5.73 Å². The van der Waals surface area contributed by atoms with Crippen molar-refractivity contribution >= 4 is 0 Å². The number of nitrogens with two attached hydrogens (primary N) is 1. The van der Waals surface area contributed by atoms with Crippen LogP contribution in [0.1, 0.15) is 36.9 Å². The molecule has 100 valence electrons. The standard InChI is InChI=1S/C14H20F2N2/c1-10-4-5-12(18-9-10)7-13(17)11-3-2-6-14(15,16)8-11/h4-5,9,11,13H,2-3,6-8,17H2,1H3. The van der Waals surface area contributed by atoms with Crippen molar-refractivity contribution in [3.05, 3.63) is 29.6 Å². The van der Waals surface area contributed by atoms with E-state index in [2.05, 4.69) is 4.98 Å². The zero-order valence-corrected chi connectivity index (χ0v) is 10.7. The number of aromatic nitrogens is 1. The van der Waals surface area contributed by atoms with Gasteiger partial charge in [0.15, 0.2) is 0 Å². The van der Waals surface area contributed by atoms with E-state index >= 15 is 0 Å². The Morgan fingerprint density at radius 3 is 2.89 bits per heavy atom. The second-order valence-corrected chi connectivity index (χ2v) is 5.41. The Hall–Kier alpha value is -1.03. The molecule has 1 aliphatic carbocycles. The third kappa shape index (κ3) is 3.48. The van der Waals surface area contributed by atoms with Crippen LogP contribution in [-0.4, -0.2) is 16.9 Å². The summed E-state index contributed by atoms with van der Waals surface area (Å²) in [4.78, 5) is 4.28. The lowest BCUT2D eigenvalue weighted by atomic mass is 9.80. The monoisotopic (exact) mass is 254 g/mol. The number of aryl methyl sites for hydroxylation is 1. The van der Waals surface area contributed by atoms with Crippen LogP contribution in [0.3, 0.4) is 0 Å². The first-order chi connectivity index (χ1) is 8.46. The molecule has 1 aromatic heterocycles. The van der Waals surface area contributed by atoms with E-state index in [1.165, 1.54) is 0 Å². The lowest BCUT2D eigenvalue weighted by Gasteiger charge is -2.32. The highest BCUT2D eigenvalue weighted by Gasteiger charge is 2.38. The molecule has 1 heterocycles. The fourth-order valence-corrected chi connectivity index (χ4v) is 2.60. The van der Waals surface area contributed by atoms with Crippen molar-refractivity contribution < 1.29 is 8.78 Å². The SMILES string of the molecule is Cc1ccc(CC(N)C2CCCC(F)(F)C2)nc1. The molecule has 0 aliphatic heterocycles. The number of alkyl halides is 2. The van der Waals surface area contributed by atoms with Crippen LogP contribution in [0.15, 0.2) is 18.3 Å². The van der Waals surface area contributed by atoms with Crippen LogP contribution in [0.25, 0.3) is 0 Å². The minimum absolute atomic E-state index is 0.0129. The normalized spacial score (nSPS) is 24.8. The Kier molecular flexibility index (Phi) is 3.95. The van der Waals surface area contributed by atoms with Crippen LogP contribution in [0, 0.1) is 12.8 Å². The average molecular weight is 254 g/mol. The van der Waals surface area contributed by atoms with E-state index < -0.39 is 5.92 Å². The summed E-state index contributed by atoms with van der Waals surface area (Å²) in [5.41, 5.74) is 8.05. The summed E-state index contributed by atoms with van der Waals surface area (Å²) in [7, 11) is 0. The maximum absolute atomic E-state index is 13.3. The first-order valence-electron chi connectivity index (χ1n) is 6.51. The molecule has 1 fully saturated rings. The number of nitrogens with zero attached hydrogens (tertiary/aromatic N) is 1. The van der Waals surface area contributed by atoms with Gasteiger partial charge in [-0.2, -0.15) is 0 Å². The molecule has 2 rings (SSSR count). The molecular weight excluding hydrogens is 234 g/mol. The first-order valence-corrected chi connectivity index (χ1v) is 6.51. The van der Waals surface area contributed by atoms with Crippen LogP contribution in [-0.2, 0) is 6.42 Å². The van der Waals surface area contributed by atoms with Crippen molar-refractivity contribution in [3.63, 3.8) is 0 Å². The van der Waals surface area contributed by atoms with Crippen LogP contribution >= 0.6 is 0 Å². The highest BCUT2D eigenvalue weighted by atomic mass is 19.3. The lowest BCUT2D eigenvalue weighted by Crippen LogP contribution is -2.39. The van der Waals surface area contributed by atoms with Crippen molar-refractivity contribution in [2.45, 2.75) is 51.0 Å². The van der Waals surface area contributed by atoms with Gasteiger partial charge in [0.2, 0.25) is 5.92 Å². The van der Waals surface area contributed by atoms with E-state index in [1.807, 2.05) is 19.1 Å². The maximum Gasteiger partial charge on any atom is 0.248 e. The third-order valence-corrected chi connectivity index (χ3v) is 3.70. The second kappa shape index (κ2) is 5.31. The van der Waals surface area contributed by atoms with Gasteiger partial charge in [-0.1, -0.05) is 6.07 Å². The summed E-state index contributed by atoms with van der Waals surface area (Å²) >= 11 is 0. The van der Waals surface area contributed by atoms with Gasteiger partial charge in [0.25, 0.3) is 0 Å². The predicted octanol–water partition coefficient (Wildman–Crippen LogP) is 3.09. The van der Waals surface area contributed by atoms with Gasteiger partial charge in [0.05, 0.1) is 0 Å². The van der Waals surface area contributed by atoms with Crippen LogP contribution in [0.4, 0.5) is 8.78 Å². The Morgan fingerprint density at radius 2 is 2.28 bits per heavy atom. The maximum atomic E-state index is 13.3. The summed E-state index contributed by atoms with van der Waals surface area (Å²) in [6, 6.07) is 3.69. The Balaban J connectivity index is 1.95. The zero-order chi connectivity index (χ0) is 13.2. The lowest BCUT2D eigenvalue weighted by molar-refractivity contribution is -0.0561. The van der Waals surface area contributed by atoms with Gasteiger partial charge < -0.3 is 5.73 Å². The average Bonchev–Trinajstić information content (AvgIpc) is 2.31. The molecule has 2 atom stereocenters. The molecule has 1 aromatic rings. The Labute approximate surface area is 107 Å². The van der Waals surface area contributed by atoms with Crippen molar-refractivity contribution in [3.8, 4) is 0 Å². The smallest absolute Gasteiger partial charge is 0.248 e. The van der Waals surface area contributed by atoms with E-state index in [-0.39, 0.29) is 24.8 Å². The van der Waals surface area contributed by atoms with Gasteiger partial charge in [0, 0.05) is 37.2 Å². The van der Waals surface area contributed by atoms with Gasteiger partial charge in [-0.05, 0) is 37.3 Å². The molecule has 0 spiro atoms. The van der Waals surface area contributed by atoms with E-state index in [0.29, 0.717) is 12.8 Å². The van der Waals surface area contributed by atoms with E-state index in [4.69, 9.17) is 5.73 Å². The van der Waals surface area contributed by atoms with Gasteiger partial charge >= 0.3 is 0 Å². The van der Waals surface area contributed by atoms with Crippen molar-refractivity contribution in [2.24, 2.45) is 11.7 Å². The number of pyridine rings is 1. The molecule has 1 aliphatic rings. The molecule has 0 aromatic carbocycles. The molecule has 2 nitrogen and oxygen atoms in total. The van der Waals surface area contributed by atoms with Crippen molar-refractivity contribution in [1.29, 1.82) is 0 Å². The Morgan fingerprint density at radius 1 is 1.50 bits per heavy atom. The summed E-state index contributed by atoms with van der Waals surface area (Å²) in [5.74, 6) is -2.61. The second-order valence-electron chi connectivity index (χ2n) is 5.41. The molecule has 2 unspecified atom stereocenters. The predicted molar refractivity (Wildman–Crippen MR) is 67.6 cm³/mol. The highest BCUT2D eigenvalue weighted by Crippen LogP contribution is 2.38. The van der Waals surface area contributed by atoms with E-state index in [0.717, 1.165) is 17.7 Å². The molecular formula is C14H20F2N2. The minimum Gasteiger partial charge on any atom is -0.327 e. The molecule has 0 amide bonds. The molecule has 1 saturated carbocycles. The summed E-state index contributed by atoms with van der Waals surface area (Å²) in [6.45, 7) is 1.97. The molecule has 0 bridgehead atoms. The molecule has 0 saturated heterocycles. The van der Waals surface area contributed by atoms with Gasteiger partial charge in [-0.3, -0.25) is 4.98 Å². The van der Waals surface area contributed by atoms with Crippen molar-refractivity contribution in [1.82, 2.24) is 4.98 Å². The molecule has 4 heteroatoms. The molecule has 18 heavy (non-hydrogen) atoms. The topological polar surface area (TPSA) is 38.9 Å². The fraction of sp³-hybridized carbons (Fsp3) is 0.643. The minimum atomic E-state index is -2.53. The summed E-state index contributed by atoms with van der Waals surface area (Å²) < 4.78 is 26.7. The van der Waals surface area contributed by atoms with Crippen LogP contribution in [0.2, 0.25) is 0 Å². The largest absolute Gasteiger partial charge is 0.327 e. The van der Waals surface area contributed by atoms with E-state index in [9.17, 15) is 8.78 Å².